The first-order valence-corrected chi connectivity index (χ1v) is 7.91. The Morgan fingerprint density at radius 2 is 1.67 bits per heavy atom. The van der Waals surface area contributed by atoms with Crippen LogP contribution in [0.5, 0.6) is 0 Å². The standard InChI is InChI=1S/C16H33NO/c1-16(2,3)17-12-8-4-5-9-13-18-14-15-10-6-7-11-15/h15,17H,4-14H2,1-3H3. The quantitative estimate of drug-likeness (QED) is 0.625. The van der Waals surface area contributed by atoms with Crippen LogP contribution in [0, 0.1) is 5.92 Å². The lowest BCUT2D eigenvalue weighted by molar-refractivity contribution is 0.0978. The average molecular weight is 255 g/mol. The molecule has 0 saturated heterocycles. The fourth-order valence-corrected chi connectivity index (χ4v) is 2.57. The van der Waals surface area contributed by atoms with Gasteiger partial charge in [-0.05, 0) is 58.9 Å². The van der Waals surface area contributed by atoms with E-state index < -0.39 is 0 Å². The molecule has 0 amide bonds. The van der Waals surface area contributed by atoms with Gasteiger partial charge in [-0.15, -0.1) is 0 Å². The van der Waals surface area contributed by atoms with Crippen molar-refractivity contribution in [3.63, 3.8) is 0 Å². The smallest absolute Gasteiger partial charge is 0.0494 e. The van der Waals surface area contributed by atoms with Gasteiger partial charge >= 0.3 is 0 Å². The number of ether oxygens (including phenoxy) is 1. The minimum Gasteiger partial charge on any atom is -0.381 e. The van der Waals surface area contributed by atoms with Gasteiger partial charge in [0, 0.05) is 18.8 Å². The zero-order valence-corrected chi connectivity index (χ0v) is 12.8. The Balaban J connectivity index is 1.76. The highest BCUT2D eigenvalue weighted by molar-refractivity contribution is 4.69. The van der Waals surface area contributed by atoms with E-state index in [1.165, 1.54) is 51.4 Å². The molecule has 1 aliphatic carbocycles. The van der Waals surface area contributed by atoms with Crippen molar-refractivity contribution in [3.05, 3.63) is 0 Å². The van der Waals surface area contributed by atoms with Gasteiger partial charge in [0.2, 0.25) is 0 Å². The molecule has 0 unspecified atom stereocenters. The zero-order chi connectivity index (χ0) is 13.3. The van der Waals surface area contributed by atoms with E-state index in [1.807, 2.05) is 0 Å². The number of unbranched alkanes of at least 4 members (excludes halogenated alkanes) is 3. The van der Waals surface area contributed by atoms with Gasteiger partial charge in [-0.3, -0.25) is 0 Å². The van der Waals surface area contributed by atoms with Crippen LogP contribution in [0.4, 0.5) is 0 Å². The van der Waals surface area contributed by atoms with Crippen LogP contribution in [0.3, 0.4) is 0 Å². The minimum atomic E-state index is 0.268. The van der Waals surface area contributed by atoms with Gasteiger partial charge in [0.1, 0.15) is 0 Å². The lowest BCUT2D eigenvalue weighted by atomic mass is 10.1. The molecule has 1 rings (SSSR count). The molecule has 1 fully saturated rings. The molecule has 0 aromatic rings. The molecule has 0 heterocycles. The number of nitrogens with one attached hydrogen (secondary N) is 1. The van der Waals surface area contributed by atoms with Crippen LogP contribution >= 0.6 is 0 Å². The molecular weight excluding hydrogens is 222 g/mol. The van der Waals surface area contributed by atoms with Crippen molar-refractivity contribution in [1.29, 1.82) is 0 Å². The Morgan fingerprint density at radius 3 is 2.33 bits per heavy atom. The first kappa shape index (κ1) is 16.0. The molecule has 0 radical (unpaired) electrons. The van der Waals surface area contributed by atoms with Crippen molar-refractivity contribution in [1.82, 2.24) is 5.32 Å². The molecule has 2 nitrogen and oxygen atoms in total. The second-order valence-electron chi connectivity index (χ2n) is 6.82. The summed E-state index contributed by atoms with van der Waals surface area (Å²) in [5, 5.41) is 3.53. The molecule has 0 aliphatic heterocycles. The highest BCUT2D eigenvalue weighted by Gasteiger charge is 2.14. The summed E-state index contributed by atoms with van der Waals surface area (Å²) in [6.07, 6.45) is 10.8. The largest absolute Gasteiger partial charge is 0.381 e. The summed E-state index contributed by atoms with van der Waals surface area (Å²) in [4.78, 5) is 0. The van der Waals surface area contributed by atoms with E-state index in [-0.39, 0.29) is 5.54 Å². The fraction of sp³-hybridized carbons (Fsp3) is 1.00. The lowest BCUT2D eigenvalue weighted by Gasteiger charge is -2.20. The summed E-state index contributed by atoms with van der Waals surface area (Å²) in [6.45, 7) is 9.82. The van der Waals surface area contributed by atoms with Gasteiger partial charge < -0.3 is 10.1 Å². The van der Waals surface area contributed by atoms with E-state index in [2.05, 4.69) is 26.1 Å². The van der Waals surface area contributed by atoms with Crippen LogP contribution in [0.2, 0.25) is 0 Å². The lowest BCUT2D eigenvalue weighted by Crippen LogP contribution is -2.36. The van der Waals surface area contributed by atoms with Crippen molar-refractivity contribution >= 4 is 0 Å². The second-order valence-corrected chi connectivity index (χ2v) is 6.82. The van der Waals surface area contributed by atoms with Gasteiger partial charge in [-0.2, -0.15) is 0 Å². The first-order valence-electron chi connectivity index (χ1n) is 7.91. The third kappa shape index (κ3) is 8.93. The number of hydrogen-bond acceptors (Lipinski definition) is 2. The van der Waals surface area contributed by atoms with Gasteiger partial charge in [-0.1, -0.05) is 25.7 Å². The van der Waals surface area contributed by atoms with E-state index >= 15 is 0 Å². The molecule has 0 aromatic heterocycles. The van der Waals surface area contributed by atoms with Crippen LogP contribution in [0.15, 0.2) is 0 Å². The molecule has 0 spiro atoms. The predicted octanol–water partition coefficient (Wildman–Crippen LogP) is 4.14. The Kier molecular flexibility index (Phi) is 7.92. The molecular formula is C16H33NO. The van der Waals surface area contributed by atoms with Crippen LogP contribution in [0.25, 0.3) is 0 Å². The zero-order valence-electron chi connectivity index (χ0n) is 12.8. The summed E-state index contributed by atoms with van der Waals surface area (Å²) in [7, 11) is 0. The van der Waals surface area contributed by atoms with E-state index in [9.17, 15) is 0 Å². The Bertz CT molecular complexity index is 192. The van der Waals surface area contributed by atoms with Gasteiger partial charge in [-0.25, -0.2) is 0 Å². The van der Waals surface area contributed by atoms with E-state index in [4.69, 9.17) is 4.74 Å². The molecule has 0 atom stereocenters. The monoisotopic (exact) mass is 255 g/mol. The fourth-order valence-electron chi connectivity index (χ4n) is 2.57. The predicted molar refractivity (Wildman–Crippen MR) is 79.0 cm³/mol. The highest BCUT2D eigenvalue weighted by atomic mass is 16.5. The van der Waals surface area contributed by atoms with Gasteiger partial charge in [0.25, 0.3) is 0 Å². The molecule has 1 N–H and O–H groups in total. The topological polar surface area (TPSA) is 21.3 Å². The third-order valence-electron chi connectivity index (χ3n) is 3.70. The maximum absolute atomic E-state index is 5.76. The van der Waals surface area contributed by atoms with Crippen molar-refractivity contribution in [2.75, 3.05) is 19.8 Å². The van der Waals surface area contributed by atoms with Crippen LogP contribution in [-0.2, 0) is 4.74 Å². The Morgan fingerprint density at radius 1 is 1.00 bits per heavy atom. The van der Waals surface area contributed by atoms with Crippen LogP contribution in [-0.4, -0.2) is 25.3 Å². The molecule has 2 heteroatoms. The molecule has 1 saturated carbocycles. The van der Waals surface area contributed by atoms with E-state index in [1.54, 1.807) is 0 Å². The van der Waals surface area contributed by atoms with Gasteiger partial charge in [0.05, 0.1) is 0 Å². The third-order valence-corrected chi connectivity index (χ3v) is 3.70. The molecule has 0 aromatic carbocycles. The van der Waals surface area contributed by atoms with E-state index in [0.717, 1.165) is 25.7 Å². The van der Waals surface area contributed by atoms with Crippen molar-refractivity contribution < 1.29 is 4.74 Å². The molecule has 18 heavy (non-hydrogen) atoms. The summed E-state index contributed by atoms with van der Waals surface area (Å²) in [6, 6.07) is 0. The van der Waals surface area contributed by atoms with Crippen LogP contribution in [0.1, 0.15) is 72.1 Å². The van der Waals surface area contributed by atoms with Crippen molar-refractivity contribution in [3.8, 4) is 0 Å². The summed E-state index contributed by atoms with van der Waals surface area (Å²) in [5.41, 5.74) is 0.268. The SMILES string of the molecule is CC(C)(C)NCCCCCCOCC1CCCC1. The number of hydrogen-bond donors (Lipinski definition) is 1. The maximum Gasteiger partial charge on any atom is 0.0494 e. The van der Waals surface area contributed by atoms with Crippen molar-refractivity contribution in [2.24, 2.45) is 5.92 Å². The summed E-state index contributed by atoms with van der Waals surface area (Å²) in [5.74, 6) is 0.876. The first-order chi connectivity index (χ1) is 8.58. The molecule has 0 bridgehead atoms. The summed E-state index contributed by atoms with van der Waals surface area (Å²) >= 11 is 0. The minimum absolute atomic E-state index is 0.268. The molecule has 108 valence electrons. The average Bonchev–Trinajstić information content (AvgIpc) is 2.78. The normalized spacial score (nSPS) is 17.5. The van der Waals surface area contributed by atoms with Crippen molar-refractivity contribution in [2.45, 2.75) is 77.7 Å². The van der Waals surface area contributed by atoms with Crippen LogP contribution < -0.4 is 5.32 Å². The van der Waals surface area contributed by atoms with Gasteiger partial charge in [0.15, 0.2) is 0 Å². The highest BCUT2D eigenvalue weighted by Crippen LogP contribution is 2.24. The maximum atomic E-state index is 5.76. The number of rotatable bonds is 9. The second kappa shape index (κ2) is 8.92. The molecule has 1 aliphatic rings. The Labute approximate surface area is 114 Å². The summed E-state index contributed by atoms with van der Waals surface area (Å²) < 4.78 is 5.76. The van der Waals surface area contributed by atoms with E-state index in [0.29, 0.717) is 0 Å². The Hall–Kier alpha value is -0.0800.